The topological polar surface area (TPSA) is 73.6 Å². The predicted molar refractivity (Wildman–Crippen MR) is 555 cm³/mol. The predicted octanol–water partition coefficient (Wildman–Crippen LogP) is 31.3. The van der Waals surface area contributed by atoms with Gasteiger partial charge in [-0.05, 0) is 230 Å². The van der Waals surface area contributed by atoms with E-state index >= 15 is 0 Å². The third-order valence-corrected chi connectivity index (χ3v) is 31.9. The van der Waals surface area contributed by atoms with Gasteiger partial charge in [0.1, 0.15) is 47.8 Å². The summed E-state index contributed by atoms with van der Waals surface area (Å²) in [7, 11) is -4.98. The highest BCUT2D eigenvalue weighted by molar-refractivity contribution is 7.78. The molecule has 0 N–H and O–H groups in total. The standard InChI is InChI=1S/C19H25B.C19H25OP.C13H13OP.3C13H10O.2C13H10S/c1-12-8-14(3)18(15(4)9-12)20(7)19-16(5)10-13(2)11-17(19)6;1-12-8-14(3)18(15(4)9-12)21(7,20)19-16(5)10-13(2)11-17(19)6;1-15(14,12-8-4-2-5-9-12)13-10-6-3-7-11-13;1-9-5-4-7-11-10-6-2-3-8-12(10)14-13(9)11;1-9-6-7-13-11(8-9)10-4-2-3-5-12(10)14-13;1-9-6-7-11-10-4-2-3-5-12(10)14-13(11)8-9;1-9-5-4-7-11-10-6-2-3-8-12(10)14-13(9)11;1-9-6-7-11-10-4-2-3-5-12(10)14-13(11)8-9/h8-11H,1-7H3;8-11H,1-7H3;2-11H,1H3;5*2-8H,1H3. The summed E-state index contributed by atoms with van der Waals surface area (Å²) in [4.78, 5) is 0. The highest BCUT2D eigenvalue weighted by Crippen LogP contribution is 2.45. The van der Waals surface area contributed by atoms with Gasteiger partial charge in [0.2, 0.25) is 6.71 Å². The second kappa shape index (κ2) is 39.2. The number of fused-ring (bicyclic) bond motifs is 15. The van der Waals surface area contributed by atoms with Gasteiger partial charge >= 0.3 is 0 Å². The fourth-order valence-corrected chi connectivity index (χ4v) is 25.9. The zero-order valence-corrected chi connectivity index (χ0v) is 79.9. The van der Waals surface area contributed by atoms with Crippen LogP contribution in [0.3, 0.4) is 0 Å². The van der Waals surface area contributed by atoms with Gasteiger partial charge in [0.25, 0.3) is 0 Å². The average molecular weight is 1720 g/mol. The van der Waals surface area contributed by atoms with Crippen molar-refractivity contribution in [2.45, 2.75) is 125 Å². The summed E-state index contributed by atoms with van der Waals surface area (Å²) < 4.78 is 49.2. The van der Waals surface area contributed by atoms with Crippen LogP contribution in [0.15, 0.2) is 335 Å². The lowest BCUT2D eigenvalue weighted by molar-refractivity contribution is 0.589. The number of hydrogen-bond acceptors (Lipinski definition) is 7. The average Bonchev–Trinajstić information content (AvgIpc) is 1.35. The van der Waals surface area contributed by atoms with E-state index in [9.17, 15) is 9.13 Å². The fraction of sp³-hybridized carbons (Fsp3) is 0.172. The van der Waals surface area contributed by atoms with Crippen molar-refractivity contribution in [3.8, 4) is 0 Å². The molecule has 0 amide bonds. The smallest absolute Gasteiger partial charge is 0.207 e. The minimum absolute atomic E-state index is 0.455. The third kappa shape index (κ3) is 20.1. The van der Waals surface area contributed by atoms with Crippen LogP contribution in [0.1, 0.15) is 94.6 Å². The van der Waals surface area contributed by atoms with Crippen LogP contribution in [0.2, 0.25) is 6.82 Å². The van der Waals surface area contributed by atoms with E-state index in [4.69, 9.17) is 13.3 Å². The lowest BCUT2D eigenvalue weighted by Gasteiger charge is -2.23. The van der Waals surface area contributed by atoms with Crippen LogP contribution >= 0.6 is 37.0 Å². The molecule has 0 spiro atoms. The molecule has 5 aromatic heterocycles. The van der Waals surface area contributed by atoms with Crippen molar-refractivity contribution in [3.63, 3.8) is 0 Å². The molecule has 126 heavy (non-hydrogen) atoms. The summed E-state index contributed by atoms with van der Waals surface area (Å²) in [5.41, 5.74) is 30.6. The zero-order chi connectivity index (χ0) is 89.4. The number of benzene rings is 16. The van der Waals surface area contributed by atoms with Gasteiger partial charge in [-0.25, -0.2) is 0 Å². The van der Waals surface area contributed by atoms with Gasteiger partial charge in [-0.3, -0.25) is 0 Å². The van der Waals surface area contributed by atoms with E-state index in [0.29, 0.717) is 6.71 Å². The zero-order valence-electron chi connectivity index (χ0n) is 76.4. The van der Waals surface area contributed by atoms with Gasteiger partial charge in [0.15, 0.2) is 0 Å². The molecule has 0 unspecified atom stereocenters. The van der Waals surface area contributed by atoms with Crippen molar-refractivity contribution in [1.82, 2.24) is 0 Å². The van der Waals surface area contributed by atoms with Crippen molar-refractivity contribution in [1.29, 1.82) is 0 Å². The van der Waals surface area contributed by atoms with Gasteiger partial charge < -0.3 is 22.4 Å². The molecule has 0 bridgehead atoms. The molecular weight excluding hydrogens is 1610 g/mol. The first-order valence-corrected chi connectivity index (χ1v) is 49.3. The first-order chi connectivity index (χ1) is 60.4. The molecule has 16 aromatic carbocycles. The molecule has 5 nitrogen and oxygen atoms in total. The fourth-order valence-electron chi connectivity index (χ4n) is 18.6. The van der Waals surface area contributed by atoms with Gasteiger partial charge in [0, 0.05) is 93.9 Å². The monoisotopic (exact) mass is 1720 g/mol. The third-order valence-electron chi connectivity index (χ3n) is 23.8. The Hall–Kier alpha value is -12.1. The molecule has 5 heterocycles. The molecule has 21 aromatic rings. The molecule has 10 heteroatoms. The van der Waals surface area contributed by atoms with Crippen LogP contribution in [-0.4, -0.2) is 20.0 Å². The van der Waals surface area contributed by atoms with Gasteiger partial charge in [0.05, 0.1) is 0 Å². The second-order valence-electron chi connectivity index (χ2n) is 34.3. The Kier molecular flexibility index (Phi) is 28.0. The van der Waals surface area contributed by atoms with Gasteiger partial charge in [-0.1, -0.05) is 335 Å². The number of hydrogen-bond donors (Lipinski definition) is 0. The summed E-state index contributed by atoms with van der Waals surface area (Å²) in [6, 6.07) is 111. The highest BCUT2D eigenvalue weighted by atomic mass is 32.1. The number of aryl methyl sites for hydroxylation is 17. The maximum atomic E-state index is 13.7. The van der Waals surface area contributed by atoms with Crippen molar-refractivity contribution in [2.24, 2.45) is 0 Å². The Morgan fingerprint density at radius 1 is 0.230 bits per heavy atom. The van der Waals surface area contributed by atoms with E-state index in [1.54, 1.807) is 0 Å². The molecule has 0 radical (unpaired) electrons. The molecule has 21 rings (SSSR count). The number of rotatable bonds is 6. The minimum Gasteiger partial charge on any atom is -0.456 e. The lowest BCUT2D eigenvalue weighted by atomic mass is 9.39. The largest absolute Gasteiger partial charge is 0.456 e. The van der Waals surface area contributed by atoms with Crippen LogP contribution in [0.4, 0.5) is 0 Å². The number of thiophene rings is 2. The van der Waals surface area contributed by atoms with E-state index in [2.05, 4.69) is 325 Å². The summed E-state index contributed by atoms with van der Waals surface area (Å²) in [5, 5.41) is 16.6. The van der Waals surface area contributed by atoms with Crippen LogP contribution in [0.5, 0.6) is 0 Å². The van der Waals surface area contributed by atoms with E-state index in [0.717, 1.165) is 77.0 Å². The number of para-hydroxylation sites is 4. The summed E-state index contributed by atoms with van der Waals surface area (Å²) in [6.07, 6.45) is 0. The normalized spacial score (nSPS) is 11.2. The van der Waals surface area contributed by atoms with E-state index in [-0.39, 0.29) is 0 Å². The van der Waals surface area contributed by atoms with Crippen molar-refractivity contribution in [2.75, 3.05) is 13.3 Å². The Morgan fingerprint density at radius 3 is 1.06 bits per heavy atom. The minimum atomic E-state index is -2.59. The molecule has 0 aliphatic carbocycles. The van der Waals surface area contributed by atoms with Crippen LogP contribution in [-0.2, 0) is 9.13 Å². The Balaban J connectivity index is 0.000000117. The van der Waals surface area contributed by atoms with Gasteiger partial charge in [-0.2, -0.15) is 0 Å². The second-order valence-corrected chi connectivity index (χ2v) is 42.0. The van der Waals surface area contributed by atoms with E-state index in [1.165, 1.54) is 156 Å². The van der Waals surface area contributed by atoms with E-state index in [1.807, 2.05) is 157 Å². The Bertz CT molecular complexity index is 7120. The summed E-state index contributed by atoms with van der Waals surface area (Å²) >= 11 is 3.76. The molecule has 632 valence electrons. The first-order valence-electron chi connectivity index (χ1n) is 43.4. The van der Waals surface area contributed by atoms with E-state index < -0.39 is 14.3 Å². The highest BCUT2D eigenvalue weighted by Gasteiger charge is 2.29. The lowest BCUT2D eigenvalue weighted by Crippen LogP contribution is -2.45. The summed E-state index contributed by atoms with van der Waals surface area (Å²) in [5.74, 6) is 0. The molecule has 0 aliphatic rings. The maximum Gasteiger partial charge on any atom is 0.207 e. The Labute approximate surface area is 752 Å². The van der Waals surface area contributed by atoms with Crippen LogP contribution in [0.25, 0.3) is 106 Å². The number of furan rings is 3. The van der Waals surface area contributed by atoms with Crippen molar-refractivity contribution in [3.05, 3.63) is 416 Å². The van der Waals surface area contributed by atoms with Crippen LogP contribution < -0.4 is 32.1 Å². The van der Waals surface area contributed by atoms with Gasteiger partial charge in [-0.15, -0.1) is 22.7 Å². The molecule has 0 saturated heterocycles. The molecule has 0 saturated carbocycles. The quantitative estimate of drug-likeness (QED) is 0.123. The summed E-state index contributed by atoms with van der Waals surface area (Å²) in [6.45, 7) is 42.9. The molecule has 0 atom stereocenters. The molecule has 0 aliphatic heterocycles. The SMILES string of the molecule is CB(c1c(C)cc(C)cc1C)c1c(C)cc(C)cc1C.CP(=O)(c1ccccc1)c1ccccc1.Cc1cc(C)c(P(C)(=O)c2c(C)cc(C)cc2C)c(C)c1.Cc1ccc2c(c1)oc1ccccc12.Cc1ccc2c(c1)sc1ccccc12.Cc1ccc2oc3ccccc3c2c1.Cc1cccc2c1oc1ccccc12.Cc1cccc2c1sc1ccccc12. The van der Waals surface area contributed by atoms with Crippen LogP contribution in [0, 0.1) is 118 Å². The van der Waals surface area contributed by atoms with Crippen molar-refractivity contribution < 1.29 is 22.4 Å². The van der Waals surface area contributed by atoms with Crippen molar-refractivity contribution >= 4 is 182 Å². The Morgan fingerprint density at radius 2 is 0.563 bits per heavy atom. The first kappa shape index (κ1) is 90.1. The molecular formula is C116H113BO5P2S2. The maximum absolute atomic E-state index is 13.7. The molecule has 0 fully saturated rings.